The summed E-state index contributed by atoms with van der Waals surface area (Å²) < 4.78 is 1.91. The van der Waals surface area contributed by atoms with Gasteiger partial charge in [0.2, 0.25) is 0 Å². The van der Waals surface area contributed by atoms with Crippen LogP contribution in [0.1, 0.15) is 12.2 Å². The van der Waals surface area contributed by atoms with E-state index in [0.717, 1.165) is 36.6 Å². The van der Waals surface area contributed by atoms with E-state index in [2.05, 4.69) is 15.1 Å². The van der Waals surface area contributed by atoms with E-state index < -0.39 is 0 Å². The van der Waals surface area contributed by atoms with Crippen LogP contribution in [-0.4, -0.2) is 31.5 Å². The zero-order chi connectivity index (χ0) is 11.7. The topological polar surface area (TPSA) is 63.8 Å². The van der Waals surface area contributed by atoms with E-state index in [9.17, 15) is 0 Å². The molecule has 5 heteroatoms. The minimum absolute atomic E-state index is 0.224. The summed E-state index contributed by atoms with van der Waals surface area (Å²) in [6, 6.07) is 3.84. The van der Waals surface area contributed by atoms with E-state index in [1.807, 2.05) is 16.8 Å². The molecule has 0 aromatic carbocycles. The summed E-state index contributed by atoms with van der Waals surface area (Å²) in [5, 5.41) is 13.6. The molecule has 17 heavy (non-hydrogen) atoms. The average Bonchev–Trinajstić information content (AvgIpc) is 2.82. The first-order valence-corrected chi connectivity index (χ1v) is 5.82. The van der Waals surface area contributed by atoms with Crippen LogP contribution in [0.5, 0.6) is 0 Å². The number of aromatic nitrogens is 4. The smallest absolute Gasteiger partial charge is 0.182 e. The fourth-order valence-electron chi connectivity index (χ4n) is 2.14. The number of fused-ring (bicyclic) bond motifs is 1. The Labute approximate surface area is 99.1 Å². The summed E-state index contributed by atoms with van der Waals surface area (Å²) in [6.07, 6.45) is 5.38. The maximum Gasteiger partial charge on any atom is 0.182 e. The van der Waals surface area contributed by atoms with Crippen LogP contribution < -0.4 is 0 Å². The first-order valence-electron chi connectivity index (χ1n) is 5.82. The van der Waals surface area contributed by atoms with Gasteiger partial charge < -0.3 is 5.11 Å². The molecule has 1 atom stereocenters. The molecule has 3 rings (SSSR count). The lowest BCUT2D eigenvalue weighted by molar-refractivity contribution is 0.185. The van der Waals surface area contributed by atoms with Crippen molar-refractivity contribution in [3.63, 3.8) is 0 Å². The summed E-state index contributed by atoms with van der Waals surface area (Å²) in [5.74, 6) is 2.05. The first-order chi connectivity index (χ1) is 8.36. The molecule has 5 nitrogen and oxygen atoms in total. The van der Waals surface area contributed by atoms with Gasteiger partial charge in [-0.15, -0.1) is 0 Å². The fraction of sp³-hybridized carbons (Fsp3) is 0.417. The number of aryl methyl sites for hydroxylation is 1. The Bertz CT molecular complexity index is 508. The van der Waals surface area contributed by atoms with E-state index in [4.69, 9.17) is 5.11 Å². The van der Waals surface area contributed by atoms with Gasteiger partial charge in [0.25, 0.3) is 0 Å². The van der Waals surface area contributed by atoms with Crippen molar-refractivity contribution in [2.75, 3.05) is 6.61 Å². The van der Waals surface area contributed by atoms with Gasteiger partial charge in [-0.1, -0.05) is 0 Å². The monoisotopic (exact) mass is 230 g/mol. The standard InChI is InChI=1S/C12H14N4O/c17-8-9-3-4-11-14-12(15-16(11)7-9)10-2-1-5-13-6-10/h1-2,5-6,9,17H,3-4,7-8H2. The van der Waals surface area contributed by atoms with Crippen molar-refractivity contribution < 1.29 is 5.11 Å². The van der Waals surface area contributed by atoms with Gasteiger partial charge in [0, 0.05) is 43.4 Å². The van der Waals surface area contributed by atoms with Gasteiger partial charge in [-0.25, -0.2) is 9.67 Å². The van der Waals surface area contributed by atoms with Gasteiger partial charge in [-0.05, 0) is 18.6 Å². The zero-order valence-electron chi connectivity index (χ0n) is 9.45. The molecule has 0 aliphatic carbocycles. The summed E-state index contributed by atoms with van der Waals surface area (Å²) in [7, 11) is 0. The Morgan fingerprint density at radius 2 is 2.41 bits per heavy atom. The molecule has 0 fully saturated rings. The third kappa shape index (κ3) is 1.93. The van der Waals surface area contributed by atoms with Crippen molar-refractivity contribution in [1.82, 2.24) is 19.7 Å². The molecule has 88 valence electrons. The van der Waals surface area contributed by atoms with Crippen LogP contribution in [0.3, 0.4) is 0 Å². The van der Waals surface area contributed by atoms with Crippen LogP contribution in [0.2, 0.25) is 0 Å². The molecule has 0 saturated carbocycles. The van der Waals surface area contributed by atoms with Crippen LogP contribution in [0.15, 0.2) is 24.5 Å². The third-order valence-electron chi connectivity index (χ3n) is 3.13. The Kier molecular flexibility index (Phi) is 2.60. The van der Waals surface area contributed by atoms with Crippen LogP contribution >= 0.6 is 0 Å². The minimum atomic E-state index is 0.224. The zero-order valence-corrected chi connectivity index (χ0v) is 9.45. The SMILES string of the molecule is OCC1CCc2nc(-c3cccnc3)nn2C1. The number of hydrogen-bond acceptors (Lipinski definition) is 4. The Hall–Kier alpha value is -1.75. The molecule has 1 N–H and O–H groups in total. The lowest BCUT2D eigenvalue weighted by atomic mass is 10.0. The second kappa shape index (κ2) is 4.25. The second-order valence-electron chi connectivity index (χ2n) is 4.36. The number of pyridine rings is 1. The van der Waals surface area contributed by atoms with Gasteiger partial charge in [0.1, 0.15) is 5.82 Å². The van der Waals surface area contributed by atoms with Crippen molar-refractivity contribution >= 4 is 0 Å². The van der Waals surface area contributed by atoms with Crippen molar-refractivity contribution in [2.45, 2.75) is 19.4 Å². The Morgan fingerprint density at radius 1 is 1.47 bits per heavy atom. The van der Waals surface area contributed by atoms with E-state index in [1.165, 1.54) is 0 Å². The van der Waals surface area contributed by atoms with Gasteiger partial charge in [-0.3, -0.25) is 4.98 Å². The molecule has 2 aromatic heterocycles. The summed E-state index contributed by atoms with van der Waals surface area (Å²) >= 11 is 0. The van der Waals surface area contributed by atoms with Gasteiger partial charge in [-0.2, -0.15) is 5.10 Å². The fourth-order valence-corrected chi connectivity index (χ4v) is 2.14. The Morgan fingerprint density at radius 3 is 3.18 bits per heavy atom. The van der Waals surface area contributed by atoms with Crippen molar-refractivity contribution in [3.05, 3.63) is 30.4 Å². The molecule has 0 spiro atoms. The minimum Gasteiger partial charge on any atom is -0.396 e. The van der Waals surface area contributed by atoms with Crippen LogP contribution in [0.25, 0.3) is 11.4 Å². The molecule has 1 aliphatic rings. The molecule has 1 unspecified atom stereocenters. The summed E-state index contributed by atoms with van der Waals surface area (Å²) in [4.78, 5) is 8.59. The number of aliphatic hydroxyl groups excluding tert-OH is 1. The molecule has 0 bridgehead atoms. The molecule has 2 aromatic rings. The number of rotatable bonds is 2. The Balaban J connectivity index is 1.93. The molecule has 1 aliphatic heterocycles. The highest BCUT2D eigenvalue weighted by Gasteiger charge is 2.21. The van der Waals surface area contributed by atoms with Gasteiger partial charge >= 0.3 is 0 Å². The predicted molar refractivity (Wildman–Crippen MR) is 62.1 cm³/mol. The highest BCUT2D eigenvalue weighted by atomic mass is 16.3. The van der Waals surface area contributed by atoms with Crippen molar-refractivity contribution in [1.29, 1.82) is 0 Å². The normalized spacial score (nSPS) is 19.0. The highest BCUT2D eigenvalue weighted by Crippen LogP contribution is 2.21. The number of aliphatic hydroxyl groups is 1. The van der Waals surface area contributed by atoms with Crippen LogP contribution in [-0.2, 0) is 13.0 Å². The molecule has 3 heterocycles. The molecule has 0 amide bonds. The molecule has 0 radical (unpaired) electrons. The lowest BCUT2D eigenvalue weighted by Crippen LogP contribution is -2.23. The van der Waals surface area contributed by atoms with Gasteiger partial charge in [0.15, 0.2) is 5.82 Å². The van der Waals surface area contributed by atoms with Crippen molar-refractivity contribution in [2.24, 2.45) is 5.92 Å². The maximum absolute atomic E-state index is 9.17. The number of nitrogens with zero attached hydrogens (tertiary/aromatic N) is 4. The van der Waals surface area contributed by atoms with Gasteiger partial charge in [0.05, 0.1) is 0 Å². The van der Waals surface area contributed by atoms with E-state index in [0.29, 0.717) is 5.92 Å². The quantitative estimate of drug-likeness (QED) is 0.832. The van der Waals surface area contributed by atoms with Crippen molar-refractivity contribution in [3.8, 4) is 11.4 Å². The second-order valence-corrected chi connectivity index (χ2v) is 4.36. The molecular weight excluding hydrogens is 216 g/mol. The largest absolute Gasteiger partial charge is 0.396 e. The maximum atomic E-state index is 9.17. The van der Waals surface area contributed by atoms with E-state index in [-0.39, 0.29) is 6.61 Å². The number of hydrogen-bond donors (Lipinski definition) is 1. The summed E-state index contributed by atoms with van der Waals surface area (Å²) in [6.45, 7) is 0.987. The molecule has 0 saturated heterocycles. The van der Waals surface area contributed by atoms with E-state index >= 15 is 0 Å². The van der Waals surface area contributed by atoms with Crippen LogP contribution in [0.4, 0.5) is 0 Å². The van der Waals surface area contributed by atoms with E-state index in [1.54, 1.807) is 12.4 Å². The summed E-state index contributed by atoms with van der Waals surface area (Å²) in [5.41, 5.74) is 0.940. The highest BCUT2D eigenvalue weighted by molar-refractivity contribution is 5.52. The predicted octanol–water partition coefficient (Wildman–Crippen LogP) is 0.895. The first kappa shape index (κ1) is 10.4. The third-order valence-corrected chi connectivity index (χ3v) is 3.13. The lowest BCUT2D eigenvalue weighted by Gasteiger charge is -2.19. The molecular formula is C12H14N4O. The van der Waals surface area contributed by atoms with Crippen LogP contribution in [0, 0.1) is 5.92 Å². The average molecular weight is 230 g/mol.